The maximum atomic E-state index is 12.1. The van der Waals surface area contributed by atoms with Crippen molar-refractivity contribution in [1.82, 2.24) is 10.6 Å². The number of halogens is 3. The highest BCUT2D eigenvalue weighted by atomic mass is 19.4. The van der Waals surface area contributed by atoms with Crippen molar-refractivity contribution in [3.63, 3.8) is 0 Å². The van der Waals surface area contributed by atoms with Gasteiger partial charge in [-0.15, -0.1) is 0 Å². The monoisotopic (exact) mass is 272 g/mol. The van der Waals surface area contributed by atoms with Crippen LogP contribution in [0.3, 0.4) is 0 Å². The summed E-state index contributed by atoms with van der Waals surface area (Å²) >= 11 is 0. The van der Waals surface area contributed by atoms with Gasteiger partial charge in [-0.1, -0.05) is 25.1 Å². The largest absolute Gasteiger partial charge is 0.401 e. The molecule has 2 N–H and O–H groups in total. The molecule has 106 valence electrons. The Bertz CT molecular complexity index is 429. The van der Waals surface area contributed by atoms with Crippen LogP contribution in [0.5, 0.6) is 0 Å². The summed E-state index contributed by atoms with van der Waals surface area (Å²) in [6.45, 7) is 2.39. The predicted octanol–water partition coefficient (Wildman–Crippen LogP) is 2.94. The fraction of sp³-hybridized carbons (Fsp3) is 0.571. The second-order valence-corrected chi connectivity index (χ2v) is 4.92. The van der Waals surface area contributed by atoms with Crippen LogP contribution in [-0.4, -0.2) is 19.3 Å². The zero-order valence-corrected chi connectivity index (χ0v) is 11.0. The summed E-state index contributed by atoms with van der Waals surface area (Å²) in [7, 11) is 0. The SMILES string of the molecule is CCC1NCCc2cc(CNCC(F)(F)F)ccc21. The lowest BCUT2D eigenvalue weighted by Gasteiger charge is -2.26. The Morgan fingerprint density at radius 2 is 2.16 bits per heavy atom. The quantitative estimate of drug-likeness (QED) is 0.880. The summed E-state index contributed by atoms with van der Waals surface area (Å²) in [4.78, 5) is 0. The Labute approximate surface area is 111 Å². The van der Waals surface area contributed by atoms with E-state index in [0.29, 0.717) is 6.04 Å². The van der Waals surface area contributed by atoms with E-state index >= 15 is 0 Å². The molecule has 1 aromatic carbocycles. The topological polar surface area (TPSA) is 24.1 Å². The fourth-order valence-electron chi connectivity index (χ4n) is 2.53. The van der Waals surface area contributed by atoms with Crippen molar-refractivity contribution in [2.45, 2.75) is 38.5 Å². The van der Waals surface area contributed by atoms with Gasteiger partial charge in [0, 0.05) is 12.6 Å². The maximum Gasteiger partial charge on any atom is 0.401 e. The minimum atomic E-state index is -4.15. The third-order valence-corrected chi connectivity index (χ3v) is 3.43. The smallest absolute Gasteiger partial charge is 0.310 e. The minimum absolute atomic E-state index is 0.261. The van der Waals surface area contributed by atoms with Crippen molar-refractivity contribution in [3.05, 3.63) is 34.9 Å². The fourth-order valence-corrected chi connectivity index (χ4v) is 2.53. The highest BCUT2D eigenvalue weighted by Crippen LogP contribution is 2.26. The summed E-state index contributed by atoms with van der Waals surface area (Å²) in [6, 6.07) is 6.36. The molecule has 2 rings (SSSR count). The number of nitrogens with one attached hydrogen (secondary N) is 2. The van der Waals surface area contributed by atoms with Crippen LogP contribution in [0.2, 0.25) is 0 Å². The van der Waals surface area contributed by atoms with Crippen molar-refractivity contribution in [2.75, 3.05) is 13.1 Å². The molecule has 0 radical (unpaired) electrons. The molecule has 0 aliphatic carbocycles. The molecule has 0 aromatic heterocycles. The standard InChI is InChI=1S/C14H19F3N2/c1-2-13-12-4-3-10(7-11(12)5-6-19-13)8-18-9-14(15,16)17/h3-4,7,13,18-19H,2,5-6,8-9H2,1H3. The van der Waals surface area contributed by atoms with E-state index in [0.717, 1.165) is 24.9 Å². The van der Waals surface area contributed by atoms with Gasteiger partial charge >= 0.3 is 6.18 Å². The molecule has 2 nitrogen and oxygen atoms in total. The molecule has 19 heavy (non-hydrogen) atoms. The molecule has 0 bridgehead atoms. The van der Waals surface area contributed by atoms with Crippen molar-refractivity contribution < 1.29 is 13.2 Å². The van der Waals surface area contributed by atoms with Crippen LogP contribution >= 0.6 is 0 Å². The van der Waals surface area contributed by atoms with Gasteiger partial charge in [0.25, 0.3) is 0 Å². The number of hydrogen-bond donors (Lipinski definition) is 2. The summed E-state index contributed by atoms with van der Waals surface area (Å²) in [6.07, 6.45) is -2.18. The zero-order valence-electron chi connectivity index (χ0n) is 11.0. The van der Waals surface area contributed by atoms with Crippen LogP contribution in [-0.2, 0) is 13.0 Å². The summed E-state index contributed by atoms with van der Waals surface area (Å²) in [5.74, 6) is 0. The van der Waals surface area contributed by atoms with E-state index < -0.39 is 12.7 Å². The molecule has 1 atom stereocenters. The van der Waals surface area contributed by atoms with Crippen LogP contribution < -0.4 is 10.6 Å². The van der Waals surface area contributed by atoms with Crippen molar-refractivity contribution in [1.29, 1.82) is 0 Å². The Balaban J connectivity index is 2.01. The third kappa shape index (κ3) is 3.94. The first-order valence-corrected chi connectivity index (χ1v) is 6.62. The number of benzene rings is 1. The molecule has 1 aliphatic rings. The zero-order chi connectivity index (χ0) is 13.9. The third-order valence-electron chi connectivity index (χ3n) is 3.43. The lowest BCUT2D eigenvalue weighted by Crippen LogP contribution is -2.30. The Kier molecular flexibility index (Phi) is 4.47. The molecule has 0 amide bonds. The molecule has 5 heteroatoms. The van der Waals surface area contributed by atoms with Gasteiger partial charge < -0.3 is 10.6 Å². The van der Waals surface area contributed by atoms with Gasteiger partial charge in [-0.05, 0) is 36.1 Å². The first-order valence-electron chi connectivity index (χ1n) is 6.62. The van der Waals surface area contributed by atoms with E-state index in [-0.39, 0.29) is 6.54 Å². The van der Waals surface area contributed by atoms with Gasteiger partial charge in [0.2, 0.25) is 0 Å². The van der Waals surface area contributed by atoms with E-state index in [1.54, 1.807) is 0 Å². The molecule has 0 spiro atoms. The number of hydrogen-bond acceptors (Lipinski definition) is 2. The Hall–Kier alpha value is -1.07. The Morgan fingerprint density at radius 1 is 1.37 bits per heavy atom. The average Bonchev–Trinajstić information content (AvgIpc) is 2.36. The van der Waals surface area contributed by atoms with Gasteiger partial charge in [-0.25, -0.2) is 0 Å². The highest BCUT2D eigenvalue weighted by molar-refractivity contribution is 5.36. The second-order valence-electron chi connectivity index (χ2n) is 4.92. The van der Waals surface area contributed by atoms with Crippen LogP contribution in [0.1, 0.15) is 36.1 Å². The van der Waals surface area contributed by atoms with E-state index in [4.69, 9.17) is 0 Å². The van der Waals surface area contributed by atoms with Gasteiger partial charge in [0.1, 0.15) is 0 Å². The van der Waals surface area contributed by atoms with Gasteiger partial charge in [-0.3, -0.25) is 0 Å². The van der Waals surface area contributed by atoms with Gasteiger partial charge in [-0.2, -0.15) is 13.2 Å². The molecule has 1 aromatic rings. The molecular formula is C14H19F3N2. The van der Waals surface area contributed by atoms with Gasteiger partial charge in [0.15, 0.2) is 0 Å². The minimum Gasteiger partial charge on any atom is -0.310 e. The first-order chi connectivity index (χ1) is 8.99. The lowest BCUT2D eigenvalue weighted by atomic mass is 9.91. The molecule has 1 aliphatic heterocycles. The first kappa shape index (κ1) is 14.3. The van der Waals surface area contributed by atoms with Crippen LogP contribution in [0.4, 0.5) is 13.2 Å². The van der Waals surface area contributed by atoms with E-state index in [1.807, 2.05) is 18.2 Å². The molecule has 1 heterocycles. The van der Waals surface area contributed by atoms with E-state index in [2.05, 4.69) is 17.6 Å². The molecular weight excluding hydrogens is 253 g/mol. The van der Waals surface area contributed by atoms with Crippen LogP contribution in [0.25, 0.3) is 0 Å². The molecule has 0 saturated carbocycles. The maximum absolute atomic E-state index is 12.1. The van der Waals surface area contributed by atoms with Crippen LogP contribution in [0.15, 0.2) is 18.2 Å². The van der Waals surface area contributed by atoms with Crippen LogP contribution in [0, 0.1) is 0 Å². The van der Waals surface area contributed by atoms with Crippen molar-refractivity contribution in [3.8, 4) is 0 Å². The normalized spacial score (nSPS) is 19.3. The average molecular weight is 272 g/mol. The predicted molar refractivity (Wildman–Crippen MR) is 68.9 cm³/mol. The molecule has 1 unspecified atom stereocenters. The summed E-state index contributed by atoms with van der Waals surface area (Å²) < 4.78 is 36.2. The summed E-state index contributed by atoms with van der Waals surface area (Å²) in [5.41, 5.74) is 3.46. The molecule has 0 saturated heterocycles. The lowest BCUT2D eigenvalue weighted by molar-refractivity contribution is -0.125. The summed E-state index contributed by atoms with van der Waals surface area (Å²) in [5, 5.41) is 5.88. The molecule has 0 fully saturated rings. The van der Waals surface area contributed by atoms with Crippen molar-refractivity contribution in [2.24, 2.45) is 0 Å². The number of alkyl halides is 3. The highest BCUT2D eigenvalue weighted by Gasteiger charge is 2.26. The second kappa shape index (κ2) is 5.92. The van der Waals surface area contributed by atoms with Gasteiger partial charge in [0.05, 0.1) is 6.54 Å². The van der Waals surface area contributed by atoms with E-state index in [9.17, 15) is 13.2 Å². The Morgan fingerprint density at radius 3 is 2.84 bits per heavy atom. The number of fused-ring (bicyclic) bond motifs is 1. The van der Waals surface area contributed by atoms with E-state index in [1.165, 1.54) is 11.1 Å². The number of rotatable bonds is 4. The van der Waals surface area contributed by atoms with Crippen molar-refractivity contribution >= 4 is 0 Å².